The van der Waals surface area contributed by atoms with Crippen molar-refractivity contribution in [1.29, 1.82) is 0 Å². The molecule has 1 nitrogen and oxygen atoms in total. The molecule has 0 spiro atoms. The molecule has 0 saturated heterocycles. The Kier molecular flexibility index (Phi) is 6.36. The van der Waals surface area contributed by atoms with Gasteiger partial charge in [-0.3, -0.25) is 0 Å². The van der Waals surface area contributed by atoms with Crippen molar-refractivity contribution in [3.8, 4) is 0 Å². The third kappa shape index (κ3) is 6.25. The van der Waals surface area contributed by atoms with Gasteiger partial charge in [-0.05, 0) is 36.8 Å². The number of hydrogen-bond acceptors (Lipinski definition) is 3. The normalized spacial score (nSPS) is 26.2. The Morgan fingerprint density at radius 1 is 1.31 bits per heavy atom. The molecule has 0 aromatic heterocycles. The highest BCUT2D eigenvalue weighted by Crippen LogP contribution is 2.31. The Labute approximate surface area is 103 Å². The number of alkyl halides is 3. The van der Waals surface area contributed by atoms with Crippen molar-refractivity contribution in [2.45, 2.75) is 43.0 Å². The smallest absolute Gasteiger partial charge is 0.313 e. The maximum atomic E-state index is 11.9. The van der Waals surface area contributed by atoms with Crippen LogP contribution in [0.5, 0.6) is 0 Å². The zero-order valence-electron chi connectivity index (χ0n) is 9.35. The fraction of sp³-hybridized carbons (Fsp3) is 1.00. The van der Waals surface area contributed by atoms with Gasteiger partial charge < -0.3 is 5.32 Å². The van der Waals surface area contributed by atoms with Gasteiger partial charge in [0.05, 0.1) is 0 Å². The molecule has 6 heteroatoms. The van der Waals surface area contributed by atoms with Gasteiger partial charge in [0.1, 0.15) is 0 Å². The molecule has 16 heavy (non-hydrogen) atoms. The van der Waals surface area contributed by atoms with Crippen molar-refractivity contribution in [1.82, 2.24) is 5.32 Å². The molecule has 0 amide bonds. The average Bonchev–Trinajstić information content (AvgIpc) is 2.60. The molecule has 0 aromatic rings. The lowest BCUT2D eigenvalue weighted by atomic mass is 10.2. The second kappa shape index (κ2) is 7.01. The molecule has 0 aromatic carbocycles. The Morgan fingerprint density at radius 2 is 2.06 bits per heavy atom. The van der Waals surface area contributed by atoms with Crippen LogP contribution in [-0.2, 0) is 0 Å². The van der Waals surface area contributed by atoms with Gasteiger partial charge in [0.15, 0.2) is 0 Å². The first-order valence-electron chi connectivity index (χ1n) is 5.57. The molecule has 0 radical (unpaired) electrons. The standard InChI is InChI=1S/C10H18F3NS2/c1-2-15-9-4-3-8(7-9)14-5-6-16-10(11,12)13/h8-9,14H,2-7H2,1H3. The number of nitrogens with one attached hydrogen (secondary N) is 1. The van der Waals surface area contributed by atoms with Crippen molar-refractivity contribution < 1.29 is 13.2 Å². The zero-order chi connectivity index (χ0) is 12.0. The Hall–Kier alpha value is 0.450. The fourth-order valence-electron chi connectivity index (χ4n) is 1.94. The van der Waals surface area contributed by atoms with Crippen LogP contribution in [0.4, 0.5) is 13.2 Å². The van der Waals surface area contributed by atoms with Gasteiger partial charge in [-0.2, -0.15) is 24.9 Å². The molecule has 1 N–H and O–H groups in total. The van der Waals surface area contributed by atoms with E-state index in [4.69, 9.17) is 0 Å². The van der Waals surface area contributed by atoms with E-state index in [2.05, 4.69) is 12.2 Å². The summed E-state index contributed by atoms with van der Waals surface area (Å²) in [7, 11) is 0. The van der Waals surface area contributed by atoms with E-state index < -0.39 is 5.51 Å². The molecule has 0 heterocycles. The molecule has 96 valence electrons. The van der Waals surface area contributed by atoms with E-state index in [0.29, 0.717) is 17.8 Å². The Bertz CT molecular complexity index is 199. The first-order valence-corrected chi connectivity index (χ1v) is 7.60. The number of hydrogen-bond donors (Lipinski definition) is 1. The van der Waals surface area contributed by atoms with Crippen LogP contribution in [0.1, 0.15) is 26.2 Å². The zero-order valence-corrected chi connectivity index (χ0v) is 11.0. The van der Waals surface area contributed by atoms with Crippen LogP contribution in [0.2, 0.25) is 0 Å². The van der Waals surface area contributed by atoms with Crippen molar-refractivity contribution in [2.75, 3.05) is 18.1 Å². The van der Waals surface area contributed by atoms with Crippen LogP contribution in [0.15, 0.2) is 0 Å². The van der Waals surface area contributed by atoms with E-state index in [9.17, 15) is 13.2 Å². The predicted octanol–water partition coefficient (Wildman–Crippen LogP) is 3.50. The minimum atomic E-state index is -4.09. The first-order chi connectivity index (χ1) is 7.51. The lowest BCUT2D eigenvalue weighted by Gasteiger charge is -2.13. The molecule has 1 rings (SSSR count). The average molecular weight is 273 g/mol. The van der Waals surface area contributed by atoms with Crippen molar-refractivity contribution >= 4 is 23.5 Å². The van der Waals surface area contributed by atoms with E-state index in [1.165, 1.54) is 6.42 Å². The highest BCUT2D eigenvalue weighted by atomic mass is 32.2. The van der Waals surface area contributed by atoms with Gasteiger partial charge >= 0.3 is 5.51 Å². The summed E-state index contributed by atoms with van der Waals surface area (Å²) in [6.07, 6.45) is 3.41. The van der Waals surface area contributed by atoms with Gasteiger partial charge in [0.25, 0.3) is 0 Å². The van der Waals surface area contributed by atoms with E-state index >= 15 is 0 Å². The van der Waals surface area contributed by atoms with Gasteiger partial charge in [-0.15, -0.1) is 0 Å². The van der Waals surface area contributed by atoms with Crippen LogP contribution >= 0.6 is 23.5 Å². The second-order valence-corrected chi connectivity index (χ2v) is 6.57. The molecule has 0 aliphatic heterocycles. The van der Waals surface area contributed by atoms with Gasteiger partial charge in [-0.1, -0.05) is 6.92 Å². The third-order valence-electron chi connectivity index (χ3n) is 2.59. The molecule has 1 aliphatic carbocycles. The van der Waals surface area contributed by atoms with Crippen LogP contribution < -0.4 is 5.32 Å². The van der Waals surface area contributed by atoms with E-state index in [1.54, 1.807) is 0 Å². The highest BCUT2D eigenvalue weighted by molar-refractivity contribution is 8.00. The van der Waals surface area contributed by atoms with E-state index in [0.717, 1.165) is 18.6 Å². The molecular weight excluding hydrogens is 255 g/mol. The van der Waals surface area contributed by atoms with Crippen molar-refractivity contribution in [3.05, 3.63) is 0 Å². The third-order valence-corrected chi connectivity index (χ3v) is 4.56. The number of rotatable bonds is 6. The van der Waals surface area contributed by atoms with E-state index in [1.807, 2.05) is 11.8 Å². The summed E-state index contributed by atoms with van der Waals surface area (Å²) in [6, 6.07) is 0.429. The van der Waals surface area contributed by atoms with Crippen molar-refractivity contribution in [3.63, 3.8) is 0 Å². The lowest BCUT2D eigenvalue weighted by molar-refractivity contribution is -0.0327. The summed E-state index contributed by atoms with van der Waals surface area (Å²) in [4.78, 5) is 0. The molecular formula is C10H18F3NS2. The Morgan fingerprint density at radius 3 is 2.69 bits per heavy atom. The van der Waals surface area contributed by atoms with Crippen molar-refractivity contribution in [2.24, 2.45) is 0 Å². The number of thioether (sulfide) groups is 2. The quantitative estimate of drug-likeness (QED) is 0.744. The number of halogens is 3. The summed E-state index contributed by atoms with van der Waals surface area (Å²) in [5, 5.41) is 3.91. The second-order valence-electron chi connectivity index (χ2n) is 3.84. The minimum Gasteiger partial charge on any atom is -0.313 e. The van der Waals surface area contributed by atoms with Crippen LogP contribution in [0.25, 0.3) is 0 Å². The minimum absolute atomic E-state index is 0.0603. The monoisotopic (exact) mass is 273 g/mol. The fourth-order valence-corrected chi connectivity index (χ4v) is 3.54. The topological polar surface area (TPSA) is 12.0 Å². The highest BCUT2D eigenvalue weighted by Gasteiger charge is 2.28. The van der Waals surface area contributed by atoms with Gasteiger partial charge in [0, 0.05) is 23.6 Å². The largest absolute Gasteiger partial charge is 0.441 e. The molecule has 0 bridgehead atoms. The summed E-state index contributed by atoms with van der Waals surface area (Å²) in [6.45, 7) is 2.60. The molecule has 1 aliphatic rings. The first kappa shape index (κ1) is 14.5. The van der Waals surface area contributed by atoms with Gasteiger partial charge in [-0.25, -0.2) is 0 Å². The lowest BCUT2D eigenvalue weighted by Crippen LogP contribution is -2.29. The molecule has 1 fully saturated rings. The SMILES string of the molecule is CCSC1CCC(NCCSC(F)(F)F)C1. The van der Waals surface area contributed by atoms with Gasteiger partial charge in [0.2, 0.25) is 0 Å². The summed E-state index contributed by atoms with van der Waals surface area (Å²) >= 11 is 2.02. The van der Waals surface area contributed by atoms with E-state index in [-0.39, 0.29) is 17.5 Å². The maximum absolute atomic E-state index is 11.9. The summed E-state index contributed by atoms with van der Waals surface area (Å²) in [5.41, 5.74) is -4.09. The Balaban J connectivity index is 2.02. The molecule has 2 unspecified atom stereocenters. The van der Waals surface area contributed by atoms with Crippen LogP contribution in [0, 0.1) is 0 Å². The maximum Gasteiger partial charge on any atom is 0.441 e. The molecule has 1 saturated carbocycles. The van der Waals surface area contributed by atoms with Crippen LogP contribution in [-0.4, -0.2) is 34.9 Å². The molecule has 2 atom stereocenters. The predicted molar refractivity (Wildman–Crippen MR) is 66.1 cm³/mol. The summed E-state index contributed by atoms with van der Waals surface area (Å²) < 4.78 is 35.6. The van der Waals surface area contributed by atoms with Crippen LogP contribution in [0.3, 0.4) is 0 Å². The summed E-state index contributed by atoms with van der Waals surface area (Å²) in [5.74, 6) is 1.24.